The molecule has 4 nitrogen and oxygen atoms in total. The third kappa shape index (κ3) is 2.27. The normalized spacial score (nSPS) is 9.80. The Morgan fingerprint density at radius 1 is 1.33 bits per heavy atom. The lowest BCUT2D eigenvalue weighted by Crippen LogP contribution is -2.08. The van der Waals surface area contributed by atoms with Gasteiger partial charge in [0.25, 0.3) is 0 Å². The van der Waals surface area contributed by atoms with Crippen molar-refractivity contribution >= 4 is 37.2 Å². The van der Waals surface area contributed by atoms with Crippen LogP contribution < -0.4 is 0 Å². The van der Waals surface area contributed by atoms with Crippen LogP contribution in [0.25, 0.3) is 0 Å². The van der Waals surface area contributed by atoms with Gasteiger partial charge in [0.15, 0.2) is 0 Å². The number of carbonyl (C=O) groups is 2. The highest BCUT2D eigenvalue weighted by Crippen LogP contribution is 2.26. The van der Waals surface area contributed by atoms with Crippen molar-refractivity contribution in [3.05, 3.63) is 23.3 Å². The molecule has 0 spiro atoms. The SMILES string of the molecule is COC(=O)c1ccc(S)c(C(=O)O)c1S. The van der Waals surface area contributed by atoms with Crippen LogP contribution in [0.4, 0.5) is 0 Å². The predicted molar refractivity (Wildman–Crippen MR) is 59.2 cm³/mol. The lowest BCUT2D eigenvalue weighted by molar-refractivity contribution is 0.0596. The number of carboxylic acids is 1. The monoisotopic (exact) mass is 244 g/mol. The maximum Gasteiger partial charge on any atom is 0.339 e. The molecule has 1 N–H and O–H groups in total. The van der Waals surface area contributed by atoms with Gasteiger partial charge in [-0.25, -0.2) is 9.59 Å². The first kappa shape index (κ1) is 11.9. The van der Waals surface area contributed by atoms with Crippen LogP contribution in [-0.2, 0) is 4.74 Å². The zero-order chi connectivity index (χ0) is 11.6. The highest BCUT2D eigenvalue weighted by Gasteiger charge is 2.19. The fraction of sp³-hybridized carbons (Fsp3) is 0.111. The maximum atomic E-state index is 11.2. The summed E-state index contributed by atoms with van der Waals surface area (Å²) in [5.41, 5.74) is 0.000556. The quantitative estimate of drug-likeness (QED) is 0.548. The predicted octanol–water partition coefficient (Wildman–Crippen LogP) is 1.75. The molecule has 0 saturated heterocycles. The van der Waals surface area contributed by atoms with Gasteiger partial charge in [0.2, 0.25) is 0 Å². The molecule has 15 heavy (non-hydrogen) atoms. The van der Waals surface area contributed by atoms with Gasteiger partial charge in [-0.15, -0.1) is 25.3 Å². The molecule has 1 aromatic carbocycles. The first-order valence-electron chi connectivity index (χ1n) is 3.85. The molecule has 0 bridgehead atoms. The molecular formula is C9H8O4S2. The average Bonchev–Trinajstić information content (AvgIpc) is 2.16. The van der Waals surface area contributed by atoms with Crippen LogP contribution in [0, 0.1) is 0 Å². The van der Waals surface area contributed by atoms with Gasteiger partial charge in [-0.2, -0.15) is 0 Å². The van der Waals surface area contributed by atoms with Crippen LogP contribution in [0.1, 0.15) is 20.7 Å². The molecule has 1 aromatic rings. The molecule has 0 heterocycles. The van der Waals surface area contributed by atoms with Crippen LogP contribution >= 0.6 is 25.3 Å². The smallest absolute Gasteiger partial charge is 0.339 e. The Hall–Kier alpha value is -1.14. The van der Waals surface area contributed by atoms with E-state index in [1.165, 1.54) is 19.2 Å². The Balaban J connectivity index is 3.41. The van der Waals surface area contributed by atoms with Crippen molar-refractivity contribution in [2.24, 2.45) is 0 Å². The number of methoxy groups -OCH3 is 1. The van der Waals surface area contributed by atoms with E-state index in [0.717, 1.165) is 0 Å². The molecule has 0 saturated carbocycles. The van der Waals surface area contributed by atoms with Gasteiger partial charge < -0.3 is 9.84 Å². The summed E-state index contributed by atoms with van der Waals surface area (Å²) >= 11 is 7.95. The first-order valence-corrected chi connectivity index (χ1v) is 4.75. The third-order valence-corrected chi connectivity index (χ3v) is 2.61. The van der Waals surface area contributed by atoms with E-state index >= 15 is 0 Å². The van der Waals surface area contributed by atoms with Gasteiger partial charge >= 0.3 is 11.9 Å². The van der Waals surface area contributed by atoms with Gasteiger partial charge in [0.1, 0.15) is 0 Å². The van der Waals surface area contributed by atoms with Crippen molar-refractivity contribution in [1.82, 2.24) is 0 Å². The molecule has 0 fully saturated rings. The van der Waals surface area contributed by atoms with Crippen molar-refractivity contribution in [1.29, 1.82) is 0 Å². The van der Waals surface area contributed by atoms with Crippen molar-refractivity contribution in [3.8, 4) is 0 Å². The zero-order valence-corrected chi connectivity index (χ0v) is 9.51. The fourth-order valence-electron chi connectivity index (χ4n) is 1.07. The second-order valence-corrected chi connectivity index (χ2v) is 3.58. The number of carbonyl (C=O) groups excluding carboxylic acids is 1. The minimum Gasteiger partial charge on any atom is -0.478 e. The van der Waals surface area contributed by atoms with Crippen LogP contribution in [0.3, 0.4) is 0 Å². The number of carboxylic acid groups (broad SMARTS) is 1. The second-order valence-electron chi connectivity index (χ2n) is 2.65. The van der Waals surface area contributed by atoms with E-state index in [2.05, 4.69) is 30.0 Å². The second kappa shape index (κ2) is 4.59. The van der Waals surface area contributed by atoms with Crippen LogP contribution in [0.5, 0.6) is 0 Å². The summed E-state index contributed by atoms with van der Waals surface area (Å²) in [5, 5.41) is 8.88. The number of rotatable bonds is 2. The summed E-state index contributed by atoms with van der Waals surface area (Å²) in [6.07, 6.45) is 0. The highest BCUT2D eigenvalue weighted by atomic mass is 32.1. The van der Waals surface area contributed by atoms with Gasteiger partial charge in [-0.05, 0) is 12.1 Å². The van der Waals surface area contributed by atoms with E-state index in [1.54, 1.807) is 0 Å². The number of ether oxygens (including phenoxy) is 1. The molecule has 0 aromatic heterocycles. The summed E-state index contributed by atoms with van der Waals surface area (Å²) in [6.45, 7) is 0. The summed E-state index contributed by atoms with van der Waals surface area (Å²) in [6, 6.07) is 2.83. The minimum absolute atomic E-state index is 0.0573. The van der Waals surface area contributed by atoms with Gasteiger partial charge in [-0.3, -0.25) is 0 Å². The van der Waals surface area contributed by atoms with Crippen LogP contribution in [0.2, 0.25) is 0 Å². The van der Waals surface area contributed by atoms with Crippen LogP contribution in [0.15, 0.2) is 21.9 Å². The van der Waals surface area contributed by atoms with E-state index in [1.807, 2.05) is 0 Å². The van der Waals surface area contributed by atoms with E-state index < -0.39 is 11.9 Å². The van der Waals surface area contributed by atoms with Gasteiger partial charge in [-0.1, -0.05) is 0 Å². The van der Waals surface area contributed by atoms with E-state index in [9.17, 15) is 9.59 Å². The number of benzene rings is 1. The molecule has 0 aliphatic rings. The first-order chi connectivity index (χ1) is 6.99. The topological polar surface area (TPSA) is 63.6 Å². The Kier molecular flexibility index (Phi) is 3.65. The van der Waals surface area contributed by atoms with Crippen molar-refractivity contribution < 1.29 is 19.4 Å². The van der Waals surface area contributed by atoms with E-state index in [0.29, 0.717) is 0 Å². The number of hydrogen-bond donors (Lipinski definition) is 3. The largest absolute Gasteiger partial charge is 0.478 e. The Bertz CT molecular complexity index is 428. The summed E-state index contributed by atoms with van der Waals surface area (Å²) in [7, 11) is 1.21. The Morgan fingerprint density at radius 2 is 1.93 bits per heavy atom. The molecule has 1 rings (SSSR count). The van der Waals surface area contributed by atoms with E-state index in [-0.39, 0.29) is 20.9 Å². The summed E-state index contributed by atoms with van der Waals surface area (Å²) < 4.78 is 4.49. The van der Waals surface area contributed by atoms with Gasteiger partial charge in [0.05, 0.1) is 18.2 Å². The number of aromatic carboxylic acids is 1. The maximum absolute atomic E-state index is 11.2. The average molecular weight is 244 g/mol. The molecular weight excluding hydrogens is 236 g/mol. The van der Waals surface area contributed by atoms with Crippen molar-refractivity contribution in [2.45, 2.75) is 9.79 Å². The summed E-state index contributed by atoms with van der Waals surface area (Å²) in [4.78, 5) is 22.4. The minimum atomic E-state index is -1.18. The lowest BCUT2D eigenvalue weighted by atomic mass is 10.1. The third-order valence-electron chi connectivity index (χ3n) is 1.78. The van der Waals surface area contributed by atoms with Crippen molar-refractivity contribution in [3.63, 3.8) is 0 Å². The lowest BCUT2D eigenvalue weighted by Gasteiger charge is -2.07. The molecule has 0 unspecified atom stereocenters. The summed E-state index contributed by atoms with van der Waals surface area (Å²) in [5.74, 6) is -1.81. The fourth-order valence-corrected chi connectivity index (χ4v) is 1.82. The molecule has 80 valence electrons. The van der Waals surface area contributed by atoms with Crippen LogP contribution in [-0.4, -0.2) is 24.2 Å². The van der Waals surface area contributed by atoms with E-state index in [4.69, 9.17) is 5.11 Å². The standard InChI is InChI=1S/C9H8O4S2/c1-13-9(12)4-2-3-5(14)6(7(4)15)8(10)11/h2-3,14-15H,1H3,(H,10,11). The zero-order valence-electron chi connectivity index (χ0n) is 7.72. The number of hydrogen-bond acceptors (Lipinski definition) is 5. The molecule has 0 radical (unpaired) electrons. The molecule has 0 amide bonds. The Morgan fingerprint density at radius 3 is 2.40 bits per heavy atom. The number of thiol groups is 2. The number of esters is 1. The molecule has 0 aliphatic heterocycles. The highest BCUT2D eigenvalue weighted by molar-refractivity contribution is 7.81. The van der Waals surface area contributed by atoms with Crippen molar-refractivity contribution in [2.75, 3.05) is 7.11 Å². The molecule has 0 atom stereocenters. The molecule has 6 heteroatoms. The van der Waals surface area contributed by atoms with Gasteiger partial charge in [0, 0.05) is 9.79 Å². The molecule has 0 aliphatic carbocycles. The Labute approximate surface area is 97.1 Å².